The van der Waals surface area contributed by atoms with Gasteiger partial charge in [-0.15, -0.1) is 0 Å². The van der Waals surface area contributed by atoms with Crippen molar-refractivity contribution >= 4 is 28.6 Å². The second kappa shape index (κ2) is 10.3. The Morgan fingerprint density at radius 1 is 1.17 bits per heavy atom. The first-order chi connectivity index (χ1) is 17.0. The van der Waals surface area contributed by atoms with Gasteiger partial charge in [0, 0.05) is 35.8 Å². The molecule has 1 atom stereocenters. The topological polar surface area (TPSA) is 58.3 Å². The van der Waals surface area contributed by atoms with Crippen molar-refractivity contribution in [2.45, 2.75) is 51.4 Å². The van der Waals surface area contributed by atoms with Gasteiger partial charge in [-0.2, -0.15) is 0 Å². The SMILES string of the molecule is CCOc1ccc(-n2c(SCC(=O)c3cc(C)n(C[C@H]4CCCO4)c3C)nc3ccccc32)cc1. The van der Waals surface area contributed by atoms with Gasteiger partial charge in [0.15, 0.2) is 10.9 Å². The number of aryl methyl sites for hydroxylation is 1. The van der Waals surface area contributed by atoms with Crippen LogP contribution in [-0.4, -0.2) is 45.0 Å². The molecule has 5 rings (SSSR count). The monoisotopic (exact) mass is 489 g/mol. The summed E-state index contributed by atoms with van der Waals surface area (Å²) in [5.74, 6) is 1.28. The lowest BCUT2D eigenvalue weighted by molar-refractivity contribution is 0.0957. The molecular weight excluding hydrogens is 458 g/mol. The first-order valence-corrected chi connectivity index (χ1v) is 13.2. The van der Waals surface area contributed by atoms with E-state index in [2.05, 4.69) is 22.1 Å². The minimum Gasteiger partial charge on any atom is -0.494 e. The number of ketones is 1. The molecule has 2 aromatic heterocycles. The van der Waals surface area contributed by atoms with Gasteiger partial charge >= 0.3 is 0 Å². The van der Waals surface area contributed by atoms with E-state index in [1.54, 1.807) is 0 Å². The summed E-state index contributed by atoms with van der Waals surface area (Å²) in [4.78, 5) is 18.1. The van der Waals surface area contributed by atoms with Crippen LogP contribution in [0.4, 0.5) is 0 Å². The fourth-order valence-electron chi connectivity index (χ4n) is 4.77. The molecule has 35 heavy (non-hydrogen) atoms. The summed E-state index contributed by atoms with van der Waals surface area (Å²) in [6.07, 6.45) is 2.44. The summed E-state index contributed by atoms with van der Waals surface area (Å²) in [6.45, 7) is 8.35. The average molecular weight is 490 g/mol. The van der Waals surface area contributed by atoms with Gasteiger partial charge in [-0.05, 0) is 76.1 Å². The number of imidazole rings is 1. The number of thioether (sulfide) groups is 1. The third kappa shape index (κ3) is 4.88. The van der Waals surface area contributed by atoms with Crippen molar-refractivity contribution in [2.75, 3.05) is 19.0 Å². The third-order valence-corrected chi connectivity index (χ3v) is 7.49. The van der Waals surface area contributed by atoms with E-state index in [4.69, 9.17) is 14.5 Å². The number of carbonyl (C=O) groups is 1. The van der Waals surface area contributed by atoms with E-state index in [9.17, 15) is 4.79 Å². The zero-order chi connectivity index (χ0) is 24.4. The smallest absolute Gasteiger partial charge is 0.175 e. The van der Waals surface area contributed by atoms with Crippen LogP contribution >= 0.6 is 11.8 Å². The Balaban J connectivity index is 1.38. The molecule has 6 nitrogen and oxygen atoms in total. The standard InChI is InChI=1S/C28H31N3O3S/c1-4-33-22-13-11-21(12-14-22)31-26-10-6-5-9-25(26)29-28(31)35-18-27(32)24-16-19(2)30(20(24)3)17-23-8-7-15-34-23/h5-6,9-14,16,23H,4,7-8,15,17-18H2,1-3H3/t23-/m1/s1. The largest absolute Gasteiger partial charge is 0.494 e. The second-order valence-electron chi connectivity index (χ2n) is 8.89. The molecule has 1 fully saturated rings. The highest BCUT2D eigenvalue weighted by atomic mass is 32.2. The molecule has 0 unspecified atom stereocenters. The lowest BCUT2D eigenvalue weighted by atomic mass is 10.2. The summed E-state index contributed by atoms with van der Waals surface area (Å²) in [7, 11) is 0. The van der Waals surface area contributed by atoms with Crippen LogP contribution in [0.1, 0.15) is 41.5 Å². The van der Waals surface area contributed by atoms with Crippen molar-refractivity contribution in [3.8, 4) is 11.4 Å². The Hall–Kier alpha value is -3.03. The Morgan fingerprint density at radius 2 is 1.97 bits per heavy atom. The van der Waals surface area contributed by atoms with E-state index in [0.29, 0.717) is 12.4 Å². The van der Waals surface area contributed by atoms with Crippen LogP contribution in [0, 0.1) is 13.8 Å². The van der Waals surface area contributed by atoms with Gasteiger partial charge in [-0.3, -0.25) is 9.36 Å². The summed E-state index contributed by atoms with van der Waals surface area (Å²) in [5.41, 5.74) is 5.83. The van der Waals surface area contributed by atoms with Crippen molar-refractivity contribution < 1.29 is 14.3 Å². The van der Waals surface area contributed by atoms with Gasteiger partial charge in [0.25, 0.3) is 0 Å². The fraction of sp³-hybridized carbons (Fsp3) is 0.357. The van der Waals surface area contributed by atoms with Crippen LogP contribution in [0.2, 0.25) is 0 Å². The van der Waals surface area contributed by atoms with Crippen LogP contribution in [0.5, 0.6) is 5.75 Å². The van der Waals surface area contributed by atoms with E-state index in [-0.39, 0.29) is 11.9 Å². The summed E-state index contributed by atoms with van der Waals surface area (Å²) in [5, 5.41) is 0.803. The van der Waals surface area contributed by atoms with Gasteiger partial charge in [-0.25, -0.2) is 4.98 Å². The summed E-state index contributed by atoms with van der Waals surface area (Å²) >= 11 is 1.48. The molecular formula is C28H31N3O3S. The summed E-state index contributed by atoms with van der Waals surface area (Å²) in [6, 6.07) is 18.1. The second-order valence-corrected chi connectivity index (χ2v) is 9.83. The van der Waals surface area contributed by atoms with E-state index in [1.807, 2.05) is 62.4 Å². The van der Waals surface area contributed by atoms with E-state index >= 15 is 0 Å². The number of fused-ring (bicyclic) bond motifs is 1. The van der Waals surface area contributed by atoms with Crippen LogP contribution < -0.4 is 4.74 Å². The predicted octanol–water partition coefficient (Wildman–Crippen LogP) is 6.00. The summed E-state index contributed by atoms with van der Waals surface area (Å²) < 4.78 is 15.8. The Morgan fingerprint density at radius 3 is 2.71 bits per heavy atom. The molecule has 0 N–H and O–H groups in total. The first-order valence-electron chi connectivity index (χ1n) is 12.2. The van der Waals surface area contributed by atoms with Crippen LogP contribution in [-0.2, 0) is 11.3 Å². The normalized spacial score (nSPS) is 15.7. The zero-order valence-electron chi connectivity index (χ0n) is 20.5. The number of aromatic nitrogens is 3. The van der Waals surface area contributed by atoms with Crippen molar-refractivity contribution in [1.82, 2.24) is 14.1 Å². The number of rotatable bonds is 9. The molecule has 2 aromatic carbocycles. The van der Waals surface area contributed by atoms with Crippen molar-refractivity contribution in [1.29, 1.82) is 0 Å². The highest BCUT2D eigenvalue weighted by molar-refractivity contribution is 7.99. The molecule has 0 saturated carbocycles. The zero-order valence-corrected chi connectivity index (χ0v) is 21.3. The van der Waals surface area contributed by atoms with Crippen molar-refractivity contribution in [2.24, 2.45) is 0 Å². The molecule has 0 radical (unpaired) electrons. The molecule has 0 bridgehead atoms. The van der Waals surface area contributed by atoms with Crippen LogP contribution in [0.3, 0.4) is 0 Å². The first kappa shape index (κ1) is 23.7. The molecule has 0 spiro atoms. The number of para-hydroxylation sites is 2. The number of nitrogens with zero attached hydrogens (tertiary/aromatic N) is 3. The number of ether oxygens (including phenoxy) is 2. The molecule has 1 aliphatic heterocycles. The van der Waals surface area contributed by atoms with Gasteiger partial charge < -0.3 is 14.0 Å². The lowest BCUT2D eigenvalue weighted by Crippen LogP contribution is -2.17. The number of benzene rings is 2. The number of hydrogen-bond donors (Lipinski definition) is 0. The molecule has 182 valence electrons. The minimum absolute atomic E-state index is 0.118. The highest BCUT2D eigenvalue weighted by Crippen LogP contribution is 2.30. The molecule has 4 aromatic rings. The van der Waals surface area contributed by atoms with Crippen LogP contribution in [0.15, 0.2) is 59.8 Å². The maximum Gasteiger partial charge on any atom is 0.175 e. The van der Waals surface area contributed by atoms with Gasteiger partial charge in [0.2, 0.25) is 0 Å². The fourth-order valence-corrected chi connectivity index (χ4v) is 5.68. The van der Waals surface area contributed by atoms with Crippen LogP contribution in [0.25, 0.3) is 16.7 Å². The predicted molar refractivity (Wildman–Crippen MR) is 140 cm³/mol. The van der Waals surface area contributed by atoms with Crippen molar-refractivity contribution in [3.63, 3.8) is 0 Å². The van der Waals surface area contributed by atoms with E-state index in [1.165, 1.54) is 11.8 Å². The van der Waals surface area contributed by atoms with Crippen molar-refractivity contribution in [3.05, 3.63) is 71.5 Å². The average Bonchev–Trinajstić information content (AvgIpc) is 3.58. The third-order valence-electron chi connectivity index (χ3n) is 6.55. The quantitative estimate of drug-likeness (QED) is 0.213. The minimum atomic E-state index is 0.118. The lowest BCUT2D eigenvalue weighted by Gasteiger charge is -2.14. The number of Topliss-reactive ketones (excluding diaryl/α,β-unsaturated/α-hetero) is 1. The highest BCUT2D eigenvalue weighted by Gasteiger charge is 2.22. The molecule has 0 aliphatic carbocycles. The molecule has 1 aliphatic rings. The molecule has 3 heterocycles. The Kier molecular flexibility index (Phi) is 6.97. The van der Waals surface area contributed by atoms with Gasteiger partial charge in [0.05, 0.1) is 29.5 Å². The van der Waals surface area contributed by atoms with Gasteiger partial charge in [-0.1, -0.05) is 23.9 Å². The number of hydrogen-bond acceptors (Lipinski definition) is 5. The molecule has 7 heteroatoms. The maximum absolute atomic E-state index is 13.3. The molecule has 1 saturated heterocycles. The van der Waals surface area contributed by atoms with E-state index in [0.717, 1.165) is 70.6 Å². The Labute approximate surface area is 210 Å². The van der Waals surface area contributed by atoms with E-state index < -0.39 is 0 Å². The van der Waals surface area contributed by atoms with Gasteiger partial charge in [0.1, 0.15) is 5.75 Å². The number of carbonyl (C=O) groups excluding carboxylic acids is 1. The Bertz CT molecular complexity index is 1330. The molecule has 0 amide bonds. The maximum atomic E-state index is 13.3.